The lowest BCUT2D eigenvalue weighted by Gasteiger charge is -2.30. The number of aromatic nitrogens is 2. The summed E-state index contributed by atoms with van der Waals surface area (Å²) in [4.78, 5) is 20.4. The van der Waals surface area contributed by atoms with Crippen LogP contribution in [-0.4, -0.2) is 40.4 Å². The number of likely N-dealkylation sites (tertiary alicyclic amines) is 1. The molecule has 4 rings (SSSR count). The molecule has 1 aromatic carbocycles. The Hall–Kier alpha value is -2.34. The molecule has 0 spiro atoms. The first-order valence-corrected chi connectivity index (χ1v) is 9.44. The van der Waals surface area contributed by atoms with E-state index in [2.05, 4.69) is 11.9 Å². The van der Waals surface area contributed by atoms with Crippen LogP contribution >= 0.6 is 11.3 Å². The molecule has 1 saturated heterocycles. The maximum Gasteiger partial charge on any atom is 0.271 e. The van der Waals surface area contributed by atoms with Gasteiger partial charge >= 0.3 is 0 Å². The number of carbonyl (C=O) groups excluding carboxylic acids is 1. The molecule has 1 aliphatic heterocycles. The number of hydrogen-bond acceptors (Lipinski definition) is 4. The maximum atomic E-state index is 12.9. The second kappa shape index (κ2) is 6.52. The SMILES string of the molecule is COc1cccc(-c2cn3c(C(=O)N4CCC(C)CC4)csc3n2)c1. The summed E-state index contributed by atoms with van der Waals surface area (Å²) in [7, 11) is 1.65. The standard InChI is InChI=1S/C19H21N3O2S/c1-13-6-8-21(9-7-13)18(23)17-12-25-19-20-16(11-22(17)19)14-4-3-5-15(10-14)24-2/h3-5,10-13H,6-9H2,1-2H3. The van der Waals surface area contributed by atoms with Gasteiger partial charge in [-0.3, -0.25) is 9.20 Å². The lowest BCUT2D eigenvalue weighted by molar-refractivity contribution is 0.0690. The van der Waals surface area contributed by atoms with Crippen molar-refractivity contribution in [3.05, 3.63) is 41.5 Å². The minimum atomic E-state index is 0.104. The summed E-state index contributed by atoms with van der Waals surface area (Å²) in [6.45, 7) is 3.93. The zero-order chi connectivity index (χ0) is 17.4. The lowest BCUT2D eigenvalue weighted by atomic mass is 9.99. The Kier molecular flexibility index (Phi) is 4.21. The van der Waals surface area contributed by atoms with Crippen molar-refractivity contribution in [2.45, 2.75) is 19.8 Å². The van der Waals surface area contributed by atoms with Gasteiger partial charge in [0, 0.05) is 30.2 Å². The first kappa shape index (κ1) is 16.1. The number of hydrogen-bond donors (Lipinski definition) is 0. The van der Waals surface area contributed by atoms with Crippen LogP contribution in [0.25, 0.3) is 16.2 Å². The van der Waals surface area contributed by atoms with Gasteiger partial charge in [-0.1, -0.05) is 19.1 Å². The van der Waals surface area contributed by atoms with Gasteiger partial charge in [-0.15, -0.1) is 11.3 Å². The zero-order valence-electron chi connectivity index (χ0n) is 14.4. The Labute approximate surface area is 150 Å². The predicted octanol–water partition coefficient (Wildman–Crippen LogP) is 3.94. The van der Waals surface area contributed by atoms with Crippen molar-refractivity contribution in [2.24, 2.45) is 5.92 Å². The summed E-state index contributed by atoms with van der Waals surface area (Å²) >= 11 is 1.51. The average Bonchev–Trinajstić information content (AvgIpc) is 3.22. The van der Waals surface area contributed by atoms with Crippen molar-refractivity contribution in [2.75, 3.05) is 20.2 Å². The largest absolute Gasteiger partial charge is 0.497 e. The third-order valence-corrected chi connectivity index (χ3v) is 5.70. The quantitative estimate of drug-likeness (QED) is 0.715. The van der Waals surface area contributed by atoms with E-state index in [0.29, 0.717) is 11.6 Å². The number of piperidine rings is 1. The monoisotopic (exact) mass is 355 g/mol. The van der Waals surface area contributed by atoms with Crippen LogP contribution in [0.1, 0.15) is 30.3 Å². The van der Waals surface area contributed by atoms with Crippen molar-refractivity contribution in [3.63, 3.8) is 0 Å². The lowest BCUT2D eigenvalue weighted by Crippen LogP contribution is -2.38. The highest BCUT2D eigenvalue weighted by molar-refractivity contribution is 7.15. The van der Waals surface area contributed by atoms with Gasteiger partial charge in [0.05, 0.1) is 12.8 Å². The van der Waals surface area contributed by atoms with Crippen LogP contribution in [0.3, 0.4) is 0 Å². The van der Waals surface area contributed by atoms with E-state index in [1.54, 1.807) is 7.11 Å². The van der Waals surface area contributed by atoms with E-state index in [1.807, 2.05) is 45.1 Å². The van der Waals surface area contributed by atoms with Crippen LogP contribution in [0.2, 0.25) is 0 Å². The number of imidazole rings is 1. The van der Waals surface area contributed by atoms with Crippen molar-refractivity contribution in [1.82, 2.24) is 14.3 Å². The van der Waals surface area contributed by atoms with E-state index < -0.39 is 0 Å². The van der Waals surface area contributed by atoms with Gasteiger partial charge in [0.1, 0.15) is 11.4 Å². The zero-order valence-corrected chi connectivity index (χ0v) is 15.3. The van der Waals surface area contributed by atoms with Crippen LogP contribution in [-0.2, 0) is 0 Å². The average molecular weight is 355 g/mol. The van der Waals surface area contributed by atoms with E-state index in [1.165, 1.54) is 11.3 Å². The third-order valence-electron chi connectivity index (χ3n) is 4.86. The molecule has 0 unspecified atom stereocenters. The number of carbonyl (C=O) groups is 1. The molecule has 5 nitrogen and oxygen atoms in total. The first-order chi connectivity index (χ1) is 12.2. The second-order valence-corrected chi connectivity index (χ2v) is 7.44. The molecule has 130 valence electrons. The molecule has 6 heteroatoms. The summed E-state index contributed by atoms with van der Waals surface area (Å²) in [6, 6.07) is 7.82. The second-order valence-electron chi connectivity index (χ2n) is 6.61. The van der Waals surface area contributed by atoms with Crippen molar-refractivity contribution >= 4 is 22.2 Å². The van der Waals surface area contributed by atoms with Gasteiger partial charge in [-0.05, 0) is 30.9 Å². The number of benzene rings is 1. The Balaban J connectivity index is 1.65. The van der Waals surface area contributed by atoms with Gasteiger partial charge < -0.3 is 9.64 Å². The highest BCUT2D eigenvalue weighted by Gasteiger charge is 2.24. The number of amides is 1. The van der Waals surface area contributed by atoms with Crippen LogP contribution < -0.4 is 4.74 Å². The molecular formula is C19H21N3O2S. The van der Waals surface area contributed by atoms with Gasteiger partial charge in [-0.2, -0.15) is 0 Å². The fourth-order valence-corrected chi connectivity index (χ4v) is 4.08. The van der Waals surface area contributed by atoms with Gasteiger partial charge in [-0.25, -0.2) is 4.98 Å². The van der Waals surface area contributed by atoms with Gasteiger partial charge in [0.2, 0.25) is 0 Å². The molecule has 2 aromatic heterocycles. The summed E-state index contributed by atoms with van der Waals surface area (Å²) in [5, 5.41) is 1.91. The summed E-state index contributed by atoms with van der Waals surface area (Å²) in [5.41, 5.74) is 2.55. The number of fused-ring (bicyclic) bond motifs is 1. The molecular weight excluding hydrogens is 334 g/mol. The molecule has 3 aromatic rings. The smallest absolute Gasteiger partial charge is 0.271 e. The van der Waals surface area contributed by atoms with Crippen molar-refractivity contribution in [1.29, 1.82) is 0 Å². The number of nitrogens with zero attached hydrogens (tertiary/aromatic N) is 3. The van der Waals surface area contributed by atoms with Crippen LogP contribution in [0.5, 0.6) is 5.75 Å². The van der Waals surface area contributed by atoms with Crippen LogP contribution in [0.15, 0.2) is 35.8 Å². The first-order valence-electron chi connectivity index (χ1n) is 8.56. The van der Waals surface area contributed by atoms with Crippen molar-refractivity contribution < 1.29 is 9.53 Å². The molecule has 0 N–H and O–H groups in total. The van der Waals surface area contributed by atoms with Crippen LogP contribution in [0.4, 0.5) is 0 Å². The fourth-order valence-electron chi connectivity index (χ4n) is 3.23. The minimum absolute atomic E-state index is 0.104. The molecule has 25 heavy (non-hydrogen) atoms. The highest BCUT2D eigenvalue weighted by Crippen LogP contribution is 2.27. The molecule has 3 heterocycles. The summed E-state index contributed by atoms with van der Waals surface area (Å²) in [6.07, 6.45) is 4.11. The number of thiazole rings is 1. The maximum absolute atomic E-state index is 12.9. The number of ether oxygens (including phenoxy) is 1. The topological polar surface area (TPSA) is 46.8 Å². The molecule has 1 fully saturated rings. The van der Waals surface area contributed by atoms with Gasteiger partial charge in [0.15, 0.2) is 4.96 Å². The van der Waals surface area contributed by atoms with Crippen LogP contribution in [0, 0.1) is 5.92 Å². The highest BCUT2D eigenvalue weighted by atomic mass is 32.1. The van der Waals surface area contributed by atoms with E-state index in [4.69, 9.17) is 4.74 Å². The molecule has 0 saturated carbocycles. The van der Waals surface area contributed by atoms with E-state index in [9.17, 15) is 4.79 Å². The Morgan fingerprint density at radius 2 is 2.12 bits per heavy atom. The minimum Gasteiger partial charge on any atom is -0.497 e. The Morgan fingerprint density at radius 3 is 2.88 bits per heavy atom. The fraction of sp³-hybridized carbons (Fsp3) is 0.368. The summed E-state index contributed by atoms with van der Waals surface area (Å²) < 4.78 is 7.21. The van der Waals surface area contributed by atoms with E-state index in [-0.39, 0.29) is 5.91 Å². The molecule has 0 bridgehead atoms. The normalized spacial score (nSPS) is 15.7. The molecule has 0 radical (unpaired) electrons. The molecule has 0 atom stereocenters. The van der Waals surface area contributed by atoms with Gasteiger partial charge in [0.25, 0.3) is 5.91 Å². The molecule has 1 aliphatic rings. The van der Waals surface area contributed by atoms with Crippen molar-refractivity contribution in [3.8, 4) is 17.0 Å². The Bertz CT molecular complexity index is 906. The van der Waals surface area contributed by atoms with E-state index in [0.717, 1.165) is 47.9 Å². The number of methoxy groups -OCH3 is 1. The predicted molar refractivity (Wildman–Crippen MR) is 99.4 cm³/mol. The van der Waals surface area contributed by atoms with E-state index >= 15 is 0 Å². The molecule has 1 amide bonds. The molecule has 0 aliphatic carbocycles. The third kappa shape index (κ3) is 3.02. The summed E-state index contributed by atoms with van der Waals surface area (Å²) in [5.74, 6) is 1.61. The number of rotatable bonds is 3. The Morgan fingerprint density at radius 1 is 1.32 bits per heavy atom.